The van der Waals surface area contributed by atoms with Gasteiger partial charge in [0.15, 0.2) is 0 Å². The number of hydrogen-bond donors (Lipinski definition) is 1. The van der Waals surface area contributed by atoms with E-state index in [1.165, 1.54) is 16.2 Å². The van der Waals surface area contributed by atoms with Crippen LogP contribution in [0.3, 0.4) is 0 Å². The van der Waals surface area contributed by atoms with Crippen molar-refractivity contribution in [2.24, 2.45) is 0 Å². The van der Waals surface area contributed by atoms with Crippen molar-refractivity contribution in [1.82, 2.24) is 10.2 Å². The number of aromatic nitrogens is 2. The molecule has 0 spiro atoms. The molecule has 0 saturated heterocycles. The van der Waals surface area contributed by atoms with Gasteiger partial charge in [-0.2, -0.15) is 0 Å². The Morgan fingerprint density at radius 2 is 1.89 bits per heavy atom. The summed E-state index contributed by atoms with van der Waals surface area (Å²) >= 11 is 7.65. The van der Waals surface area contributed by atoms with E-state index < -0.39 is 11.9 Å². The number of carboxylic acid groups (broad SMARTS) is 1. The Morgan fingerprint density at radius 3 is 2.57 bits per heavy atom. The molecule has 5 rings (SSSR count). The molecule has 1 aromatic heterocycles. The number of aliphatic carboxylic acids is 1. The molecule has 0 bridgehead atoms. The fourth-order valence-corrected chi connectivity index (χ4v) is 4.59. The Hall–Kier alpha value is -3.95. The smallest absolute Gasteiger partial charge is 0.311 e. The van der Waals surface area contributed by atoms with Crippen molar-refractivity contribution in [2.45, 2.75) is 12.3 Å². The first-order valence-electron chi connectivity index (χ1n) is 10.6. The second-order valence-corrected chi connectivity index (χ2v) is 8.89. The maximum Gasteiger partial charge on any atom is 0.311 e. The summed E-state index contributed by atoms with van der Waals surface area (Å²) in [7, 11) is 0. The first-order valence-corrected chi connectivity index (χ1v) is 11.9. The van der Waals surface area contributed by atoms with Crippen LogP contribution in [0, 0.1) is 0 Å². The quantitative estimate of drug-likeness (QED) is 0.346. The highest BCUT2D eigenvalue weighted by Gasteiger charge is 2.29. The maximum atomic E-state index is 13.4. The zero-order chi connectivity index (χ0) is 24.4. The lowest BCUT2D eigenvalue weighted by Gasteiger charge is -2.24. The summed E-state index contributed by atoms with van der Waals surface area (Å²) < 4.78 is 11.5. The minimum absolute atomic E-state index is 0.264. The molecule has 1 aliphatic heterocycles. The van der Waals surface area contributed by atoms with Gasteiger partial charge in [0.2, 0.25) is 5.13 Å². The highest BCUT2D eigenvalue weighted by atomic mass is 35.5. The second kappa shape index (κ2) is 9.73. The summed E-state index contributed by atoms with van der Waals surface area (Å²) in [5.74, 6) is -0.634. The van der Waals surface area contributed by atoms with Gasteiger partial charge in [0.1, 0.15) is 22.8 Å². The molecule has 0 saturated carbocycles. The van der Waals surface area contributed by atoms with Crippen LogP contribution in [0.5, 0.6) is 17.2 Å². The number of para-hydroxylation sites is 1. The van der Waals surface area contributed by atoms with Crippen molar-refractivity contribution in [1.29, 1.82) is 0 Å². The fourth-order valence-electron chi connectivity index (χ4n) is 3.80. The molecule has 35 heavy (non-hydrogen) atoms. The van der Waals surface area contributed by atoms with Gasteiger partial charge in [0.25, 0.3) is 5.91 Å². The average Bonchev–Trinajstić information content (AvgIpc) is 3.39. The normalized spacial score (nSPS) is 14.5. The molecule has 4 aromatic rings. The number of halogens is 1. The number of hydrogen-bond acceptors (Lipinski definition) is 7. The van der Waals surface area contributed by atoms with Gasteiger partial charge in [-0.15, -0.1) is 10.2 Å². The number of carboxylic acids is 1. The van der Waals surface area contributed by atoms with Crippen LogP contribution < -0.4 is 14.4 Å². The van der Waals surface area contributed by atoms with E-state index >= 15 is 0 Å². The Bertz CT molecular complexity index is 1360. The summed E-state index contributed by atoms with van der Waals surface area (Å²) in [4.78, 5) is 26.4. The molecule has 3 aromatic carbocycles. The highest BCUT2D eigenvalue weighted by Crippen LogP contribution is 2.42. The van der Waals surface area contributed by atoms with Crippen molar-refractivity contribution < 1.29 is 24.2 Å². The number of fused-ring (bicyclic) bond motifs is 1. The van der Waals surface area contributed by atoms with E-state index in [9.17, 15) is 14.7 Å². The molecule has 0 radical (unpaired) electrons. The Labute approximate surface area is 209 Å². The third-order valence-corrected chi connectivity index (χ3v) is 6.46. The van der Waals surface area contributed by atoms with E-state index in [1.807, 2.05) is 30.3 Å². The molecule has 10 heteroatoms. The van der Waals surface area contributed by atoms with Gasteiger partial charge in [-0.25, -0.2) is 0 Å². The minimum Gasteiger partial charge on any atom is -0.493 e. The Kier molecular flexibility index (Phi) is 6.35. The average molecular weight is 508 g/mol. The molecular formula is C25H18ClN3O5S. The number of nitrogens with zero attached hydrogens (tertiary/aromatic N) is 3. The molecule has 1 N–H and O–H groups in total. The zero-order valence-corrected chi connectivity index (χ0v) is 19.7. The van der Waals surface area contributed by atoms with Crippen molar-refractivity contribution in [3.8, 4) is 17.2 Å². The van der Waals surface area contributed by atoms with E-state index in [1.54, 1.807) is 41.9 Å². The van der Waals surface area contributed by atoms with Gasteiger partial charge in [0, 0.05) is 17.2 Å². The number of amides is 1. The standard InChI is InChI=1S/C25H18ClN3O5S/c26-20-12-19-18(24(31)32)10-11-33-21(19)13-22(20)34-17-8-6-15(7-9-17)23(30)29(25-28-27-14-35-25)16-4-2-1-3-5-16/h1-9,12-14,18H,10-11H2,(H,31,32). The van der Waals surface area contributed by atoms with Gasteiger partial charge in [0.05, 0.1) is 23.2 Å². The zero-order valence-electron chi connectivity index (χ0n) is 18.1. The van der Waals surface area contributed by atoms with E-state index in [0.29, 0.717) is 52.2 Å². The number of benzene rings is 3. The number of anilines is 2. The SMILES string of the molecule is O=C(O)C1CCOc2cc(Oc3ccc(C(=O)N(c4ccccc4)c4nncs4)cc3)c(Cl)cc21. The number of ether oxygens (including phenoxy) is 2. The summed E-state index contributed by atoms with van der Waals surface area (Å²) in [5.41, 5.74) is 3.20. The molecule has 1 unspecified atom stereocenters. The van der Waals surface area contributed by atoms with Crippen molar-refractivity contribution in [3.05, 3.63) is 88.4 Å². The van der Waals surface area contributed by atoms with Crippen LogP contribution in [-0.2, 0) is 4.79 Å². The third kappa shape index (κ3) is 4.68. The molecule has 2 heterocycles. The first kappa shape index (κ1) is 22.8. The molecule has 8 nitrogen and oxygen atoms in total. The summed E-state index contributed by atoms with van der Waals surface area (Å²) in [6.07, 6.45) is 0.380. The van der Waals surface area contributed by atoms with E-state index in [2.05, 4.69) is 10.2 Å². The van der Waals surface area contributed by atoms with Gasteiger partial charge in [-0.3, -0.25) is 14.5 Å². The van der Waals surface area contributed by atoms with Crippen LogP contribution in [0.1, 0.15) is 28.3 Å². The lowest BCUT2D eigenvalue weighted by Crippen LogP contribution is -2.25. The molecule has 1 aliphatic rings. The summed E-state index contributed by atoms with van der Waals surface area (Å²) in [5, 5.41) is 18.1. The Morgan fingerprint density at radius 1 is 1.11 bits per heavy atom. The van der Waals surface area contributed by atoms with Crippen molar-refractivity contribution in [3.63, 3.8) is 0 Å². The number of carbonyl (C=O) groups is 2. The largest absolute Gasteiger partial charge is 0.493 e. The number of rotatable bonds is 6. The second-order valence-electron chi connectivity index (χ2n) is 7.67. The molecule has 0 aliphatic carbocycles. The van der Waals surface area contributed by atoms with Crippen LogP contribution in [0.25, 0.3) is 0 Å². The lowest BCUT2D eigenvalue weighted by atomic mass is 9.93. The fraction of sp³-hybridized carbons (Fsp3) is 0.120. The summed E-state index contributed by atoms with van der Waals surface area (Å²) in [6, 6.07) is 19.0. The van der Waals surface area contributed by atoms with E-state index in [4.69, 9.17) is 21.1 Å². The predicted octanol–water partition coefficient (Wildman–Crippen LogP) is 5.91. The molecule has 0 fully saturated rings. The van der Waals surface area contributed by atoms with Crippen LogP contribution in [0.4, 0.5) is 10.8 Å². The molecule has 1 amide bonds. The highest BCUT2D eigenvalue weighted by molar-refractivity contribution is 7.13. The topological polar surface area (TPSA) is 102 Å². The molecular weight excluding hydrogens is 490 g/mol. The van der Waals surface area contributed by atoms with E-state index in [0.717, 1.165) is 0 Å². The molecule has 176 valence electrons. The van der Waals surface area contributed by atoms with Gasteiger partial charge in [-0.1, -0.05) is 41.1 Å². The van der Waals surface area contributed by atoms with Crippen LogP contribution in [-0.4, -0.2) is 33.8 Å². The van der Waals surface area contributed by atoms with E-state index in [-0.39, 0.29) is 10.9 Å². The first-order chi connectivity index (χ1) is 17.0. The summed E-state index contributed by atoms with van der Waals surface area (Å²) in [6.45, 7) is 0.300. The van der Waals surface area contributed by atoms with Crippen LogP contribution >= 0.6 is 22.9 Å². The minimum atomic E-state index is -0.919. The Balaban J connectivity index is 1.38. The maximum absolute atomic E-state index is 13.4. The number of carbonyl (C=O) groups excluding carboxylic acids is 1. The van der Waals surface area contributed by atoms with Crippen molar-refractivity contribution >= 4 is 45.6 Å². The monoisotopic (exact) mass is 507 g/mol. The van der Waals surface area contributed by atoms with Crippen molar-refractivity contribution in [2.75, 3.05) is 11.5 Å². The predicted molar refractivity (Wildman–Crippen MR) is 131 cm³/mol. The van der Waals surface area contributed by atoms with Gasteiger partial charge < -0.3 is 14.6 Å². The van der Waals surface area contributed by atoms with Gasteiger partial charge >= 0.3 is 5.97 Å². The third-order valence-electron chi connectivity index (χ3n) is 5.49. The molecule has 1 atom stereocenters. The lowest BCUT2D eigenvalue weighted by molar-refractivity contribution is -0.139. The van der Waals surface area contributed by atoms with Crippen LogP contribution in [0.15, 0.2) is 72.2 Å². The van der Waals surface area contributed by atoms with Gasteiger partial charge in [-0.05, 0) is 48.9 Å². The van der Waals surface area contributed by atoms with Crippen LogP contribution in [0.2, 0.25) is 5.02 Å².